The van der Waals surface area contributed by atoms with E-state index in [4.69, 9.17) is 10.2 Å². The first-order chi connectivity index (χ1) is 9.58. The molecule has 0 spiro atoms. The second kappa shape index (κ2) is 6.90. The molecule has 2 heterocycles. The number of rotatable bonds is 5. The molecule has 1 aromatic rings. The fourth-order valence-corrected chi connectivity index (χ4v) is 2.65. The Balaban J connectivity index is 1.79. The molecule has 1 aromatic heterocycles. The van der Waals surface area contributed by atoms with Crippen molar-refractivity contribution < 1.29 is 9.21 Å². The van der Waals surface area contributed by atoms with Gasteiger partial charge < -0.3 is 20.4 Å². The maximum Gasteiger partial charge on any atom is 0.254 e. The van der Waals surface area contributed by atoms with Crippen LogP contribution in [0.1, 0.15) is 42.8 Å². The molecule has 0 aromatic carbocycles. The molecule has 0 aliphatic carbocycles. The third-order valence-corrected chi connectivity index (χ3v) is 3.66. The monoisotopic (exact) mass is 279 g/mol. The van der Waals surface area contributed by atoms with E-state index < -0.39 is 0 Å². The van der Waals surface area contributed by atoms with E-state index in [-0.39, 0.29) is 11.9 Å². The zero-order valence-corrected chi connectivity index (χ0v) is 12.4. The summed E-state index contributed by atoms with van der Waals surface area (Å²) < 4.78 is 5.19. The zero-order valence-electron chi connectivity index (χ0n) is 12.4. The molecule has 112 valence electrons. The molecule has 0 bridgehead atoms. The van der Waals surface area contributed by atoms with Crippen LogP contribution in [0.15, 0.2) is 16.7 Å². The molecular weight excluding hydrogens is 254 g/mol. The van der Waals surface area contributed by atoms with Gasteiger partial charge in [0.2, 0.25) is 0 Å². The maximum absolute atomic E-state index is 12.1. The summed E-state index contributed by atoms with van der Waals surface area (Å²) in [6.45, 7) is 8.05. The number of amides is 1. The molecule has 0 unspecified atom stereocenters. The summed E-state index contributed by atoms with van der Waals surface area (Å²) >= 11 is 0. The summed E-state index contributed by atoms with van der Waals surface area (Å²) in [6.07, 6.45) is 3.51. The van der Waals surface area contributed by atoms with Gasteiger partial charge in [-0.15, -0.1) is 0 Å². The average Bonchev–Trinajstić information content (AvgIpc) is 2.89. The maximum atomic E-state index is 12.1. The molecule has 5 heteroatoms. The number of nitrogens with zero attached hydrogens (tertiary/aromatic N) is 1. The number of nitrogens with two attached hydrogens (primary N) is 1. The van der Waals surface area contributed by atoms with Crippen molar-refractivity contribution in [1.29, 1.82) is 0 Å². The lowest BCUT2D eigenvalue weighted by Crippen LogP contribution is -2.45. The highest BCUT2D eigenvalue weighted by molar-refractivity contribution is 5.94. The van der Waals surface area contributed by atoms with Crippen LogP contribution in [0.3, 0.4) is 0 Å². The molecule has 20 heavy (non-hydrogen) atoms. The van der Waals surface area contributed by atoms with E-state index in [9.17, 15) is 4.79 Å². The summed E-state index contributed by atoms with van der Waals surface area (Å²) in [7, 11) is 0. The minimum absolute atomic E-state index is 0.0595. The van der Waals surface area contributed by atoms with Crippen LogP contribution in [-0.2, 0) is 6.54 Å². The first-order valence-corrected chi connectivity index (χ1v) is 7.39. The Hall–Kier alpha value is -1.33. The SMILES string of the molecule is CC(C)CN1CCC(NC(=O)c2coc(CN)c2)CC1. The van der Waals surface area contributed by atoms with Crippen molar-refractivity contribution in [1.82, 2.24) is 10.2 Å². The molecule has 0 radical (unpaired) electrons. The highest BCUT2D eigenvalue weighted by atomic mass is 16.3. The summed E-state index contributed by atoms with van der Waals surface area (Å²) in [5, 5.41) is 3.08. The first-order valence-electron chi connectivity index (χ1n) is 7.39. The fraction of sp³-hybridized carbons (Fsp3) is 0.667. The lowest BCUT2D eigenvalue weighted by Gasteiger charge is -2.33. The van der Waals surface area contributed by atoms with E-state index in [0.717, 1.165) is 32.5 Å². The van der Waals surface area contributed by atoms with Gasteiger partial charge in [0.1, 0.15) is 12.0 Å². The Morgan fingerprint density at radius 2 is 2.20 bits per heavy atom. The minimum Gasteiger partial charge on any atom is -0.467 e. The van der Waals surface area contributed by atoms with E-state index >= 15 is 0 Å². The molecule has 0 saturated carbocycles. The Morgan fingerprint density at radius 1 is 1.50 bits per heavy atom. The van der Waals surface area contributed by atoms with Gasteiger partial charge in [-0.3, -0.25) is 4.79 Å². The smallest absolute Gasteiger partial charge is 0.254 e. The van der Waals surface area contributed by atoms with E-state index in [0.29, 0.717) is 23.8 Å². The van der Waals surface area contributed by atoms with Gasteiger partial charge in [0, 0.05) is 25.7 Å². The Morgan fingerprint density at radius 3 is 2.75 bits per heavy atom. The number of furan rings is 1. The van der Waals surface area contributed by atoms with E-state index in [1.165, 1.54) is 6.26 Å². The van der Waals surface area contributed by atoms with Gasteiger partial charge in [-0.1, -0.05) is 13.8 Å². The van der Waals surface area contributed by atoms with Crippen molar-refractivity contribution >= 4 is 5.91 Å². The first kappa shape index (κ1) is 15.1. The summed E-state index contributed by atoms with van der Waals surface area (Å²) in [5.41, 5.74) is 6.04. The molecule has 1 aliphatic rings. The van der Waals surface area contributed by atoms with Crippen LogP contribution in [0.25, 0.3) is 0 Å². The van der Waals surface area contributed by atoms with Crippen molar-refractivity contribution in [3.63, 3.8) is 0 Å². The van der Waals surface area contributed by atoms with Gasteiger partial charge in [-0.2, -0.15) is 0 Å². The van der Waals surface area contributed by atoms with Gasteiger partial charge in [-0.25, -0.2) is 0 Å². The van der Waals surface area contributed by atoms with Gasteiger partial charge in [0.05, 0.1) is 12.1 Å². The van der Waals surface area contributed by atoms with Crippen molar-refractivity contribution in [2.24, 2.45) is 11.7 Å². The molecular formula is C15H25N3O2. The topological polar surface area (TPSA) is 71.5 Å². The third-order valence-electron chi connectivity index (χ3n) is 3.66. The molecule has 1 saturated heterocycles. The number of hydrogen-bond acceptors (Lipinski definition) is 4. The van der Waals surface area contributed by atoms with E-state index in [1.807, 2.05) is 0 Å². The molecule has 1 aliphatic heterocycles. The summed E-state index contributed by atoms with van der Waals surface area (Å²) in [4.78, 5) is 14.5. The quantitative estimate of drug-likeness (QED) is 0.858. The number of piperidine rings is 1. The minimum atomic E-state index is -0.0595. The van der Waals surface area contributed by atoms with Crippen LogP contribution in [0.5, 0.6) is 0 Å². The summed E-state index contributed by atoms with van der Waals surface area (Å²) in [5.74, 6) is 1.28. The molecule has 0 atom stereocenters. The van der Waals surface area contributed by atoms with Crippen LogP contribution in [0.4, 0.5) is 0 Å². The third kappa shape index (κ3) is 4.08. The largest absolute Gasteiger partial charge is 0.467 e. The highest BCUT2D eigenvalue weighted by Gasteiger charge is 2.22. The second-order valence-corrected chi connectivity index (χ2v) is 5.95. The van der Waals surface area contributed by atoms with Crippen LogP contribution in [-0.4, -0.2) is 36.5 Å². The van der Waals surface area contributed by atoms with E-state index in [1.54, 1.807) is 6.07 Å². The second-order valence-electron chi connectivity index (χ2n) is 5.95. The Kier molecular flexibility index (Phi) is 5.20. The normalized spacial score (nSPS) is 17.6. The zero-order chi connectivity index (χ0) is 14.5. The standard InChI is InChI=1S/C15H25N3O2/c1-11(2)9-18-5-3-13(4-6-18)17-15(19)12-7-14(8-16)20-10-12/h7,10-11,13H,3-6,8-9,16H2,1-2H3,(H,17,19). The van der Waals surface area contributed by atoms with Gasteiger partial charge in [-0.05, 0) is 24.8 Å². The van der Waals surface area contributed by atoms with Crippen LogP contribution < -0.4 is 11.1 Å². The Labute approximate surface area is 120 Å². The molecule has 2 rings (SSSR count). The molecule has 5 nitrogen and oxygen atoms in total. The van der Waals surface area contributed by atoms with E-state index in [2.05, 4.69) is 24.1 Å². The lowest BCUT2D eigenvalue weighted by molar-refractivity contribution is 0.0906. The number of carbonyl (C=O) groups is 1. The average molecular weight is 279 g/mol. The molecule has 3 N–H and O–H groups in total. The van der Waals surface area contributed by atoms with Crippen LogP contribution in [0, 0.1) is 5.92 Å². The number of likely N-dealkylation sites (tertiary alicyclic amines) is 1. The van der Waals surface area contributed by atoms with Crippen molar-refractivity contribution in [2.75, 3.05) is 19.6 Å². The van der Waals surface area contributed by atoms with Crippen LogP contribution in [0.2, 0.25) is 0 Å². The predicted octanol–water partition coefficient (Wildman–Crippen LogP) is 1.59. The van der Waals surface area contributed by atoms with Gasteiger partial charge in [0.15, 0.2) is 0 Å². The Bertz CT molecular complexity index is 434. The van der Waals surface area contributed by atoms with Crippen LogP contribution >= 0.6 is 0 Å². The lowest BCUT2D eigenvalue weighted by atomic mass is 10.0. The number of carbonyl (C=O) groups excluding carboxylic acids is 1. The number of nitrogens with one attached hydrogen (secondary N) is 1. The van der Waals surface area contributed by atoms with Crippen molar-refractivity contribution in [3.8, 4) is 0 Å². The fourth-order valence-electron chi connectivity index (χ4n) is 2.65. The number of hydrogen-bond donors (Lipinski definition) is 2. The van der Waals surface area contributed by atoms with Crippen molar-refractivity contribution in [3.05, 3.63) is 23.7 Å². The van der Waals surface area contributed by atoms with Gasteiger partial charge in [0.25, 0.3) is 5.91 Å². The highest BCUT2D eigenvalue weighted by Crippen LogP contribution is 2.13. The molecule has 1 amide bonds. The predicted molar refractivity (Wildman–Crippen MR) is 78.4 cm³/mol. The summed E-state index contributed by atoms with van der Waals surface area (Å²) in [6, 6.07) is 1.98. The van der Waals surface area contributed by atoms with Crippen molar-refractivity contribution in [2.45, 2.75) is 39.3 Å². The van der Waals surface area contributed by atoms with Gasteiger partial charge >= 0.3 is 0 Å². The molecule has 1 fully saturated rings.